The van der Waals surface area contributed by atoms with E-state index in [2.05, 4.69) is 177 Å². The van der Waals surface area contributed by atoms with E-state index in [9.17, 15) is 0 Å². The molecule has 8 aromatic rings. The molecule has 2 heteroatoms. The molecule has 2 heterocycles. The molecule has 0 unspecified atom stereocenters. The second-order valence-electron chi connectivity index (χ2n) is 19.3. The topological polar surface area (TPSA) is 25.8 Å². The summed E-state index contributed by atoms with van der Waals surface area (Å²) < 4.78 is 0. The molecule has 0 N–H and O–H groups in total. The lowest BCUT2D eigenvalue weighted by atomic mass is 9.71. The molecule has 0 aliphatic heterocycles. The minimum Gasteiger partial charge on any atom is -0.256 e. The van der Waals surface area contributed by atoms with Crippen LogP contribution in [0.25, 0.3) is 77.1 Å². The molecule has 2 nitrogen and oxygen atoms in total. The maximum atomic E-state index is 5.22. The Hall–Kier alpha value is -5.60. The number of aryl methyl sites for hydroxylation is 2. The highest BCUT2D eigenvalue weighted by atomic mass is 14.7. The molecular formula is C62H70N2. The molecule has 0 aliphatic carbocycles. The van der Waals surface area contributed by atoms with Gasteiger partial charge in [-0.15, -0.1) is 0 Å². The second kappa shape index (κ2) is 19.6. The molecule has 64 heavy (non-hydrogen) atoms. The van der Waals surface area contributed by atoms with Crippen LogP contribution in [0.15, 0.2) is 134 Å². The largest absolute Gasteiger partial charge is 0.256 e. The van der Waals surface area contributed by atoms with Crippen LogP contribution < -0.4 is 0 Å². The number of aromatic nitrogens is 2. The molecule has 0 saturated carbocycles. The number of hydrogen-bond donors (Lipinski definition) is 0. The van der Waals surface area contributed by atoms with Gasteiger partial charge in [-0.2, -0.15) is 0 Å². The van der Waals surface area contributed by atoms with Gasteiger partial charge in [-0.05, 0) is 136 Å². The average molecular weight is 843 g/mol. The third kappa shape index (κ3) is 9.30. The number of benzene rings is 6. The maximum absolute atomic E-state index is 5.22. The van der Waals surface area contributed by atoms with Crippen molar-refractivity contribution in [2.24, 2.45) is 10.8 Å². The number of pyridine rings is 2. The van der Waals surface area contributed by atoms with Crippen molar-refractivity contribution in [1.29, 1.82) is 0 Å². The summed E-state index contributed by atoms with van der Waals surface area (Å²) in [4.78, 5) is 10.3. The van der Waals surface area contributed by atoms with Gasteiger partial charge in [0.1, 0.15) is 0 Å². The predicted octanol–water partition coefficient (Wildman–Crippen LogP) is 18.3. The van der Waals surface area contributed by atoms with E-state index in [1.807, 2.05) is 12.4 Å². The number of unbranched alkanes of at least 4 members (excludes halogenated alkanes) is 2. The van der Waals surface area contributed by atoms with Gasteiger partial charge in [0.2, 0.25) is 0 Å². The van der Waals surface area contributed by atoms with E-state index in [0.717, 1.165) is 57.3 Å². The van der Waals surface area contributed by atoms with Gasteiger partial charge in [0, 0.05) is 34.3 Å². The summed E-state index contributed by atoms with van der Waals surface area (Å²) in [5.74, 6) is 0. The molecule has 2 aromatic heterocycles. The Morgan fingerprint density at radius 2 is 0.891 bits per heavy atom. The van der Waals surface area contributed by atoms with E-state index in [-0.39, 0.29) is 5.41 Å². The monoisotopic (exact) mass is 843 g/mol. The zero-order valence-corrected chi connectivity index (χ0v) is 40.1. The van der Waals surface area contributed by atoms with Crippen LogP contribution in [0.4, 0.5) is 0 Å². The zero-order valence-electron chi connectivity index (χ0n) is 40.1. The fourth-order valence-corrected chi connectivity index (χ4v) is 10.8. The normalized spacial score (nSPS) is 12.2. The quantitative estimate of drug-likeness (QED) is 0.0860. The van der Waals surface area contributed by atoms with Gasteiger partial charge >= 0.3 is 0 Å². The van der Waals surface area contributed by atoms with E-state index >= 15 is 0 Å². The van der Waals surface area contributed by atoms with E-state index < -0.39 is 0 Å². The van der Waals surface area contributed by atoms with Crippen LogP contribution in [0.3, 0.4) is 0 Å². The van der Waals surface area contributed by atoms with Gasteiger partial charge in [0.15, 0.2) is 0 Å². The van der Waals surface area contributed by atoms with Crippen LogP contribution in [0, 0.1) is 24.7 Å². The van der Waals surface area contributed by atoms with Crippen molar-refractivity contribution in [1.82, 2.24) is 9.97 Å². The van der Waals surface area contributed by atoms with Crippen LogP contribution in [-0.2, 0) is 12.8 Å². The molecule has 0 radical (unpaired) electrons. The third-order valence-electron chi connectivity index (χ3n) is 15.3. The highest BCUT2D eigenvalue weighted by molar-refractivity contribution is 5.98. The van der Waals surface area contributed by atoms with Gasteiger partial charge in [0.05, 0.1) is 11.4 Å². The lowest BCUT2D eigenvalue weighted by Gasteiger charge is -2.34. The molecular weight excluding hydrogens is 773 g/mol. The average Bonchev–Trinajstić information content (AvgIpc) is 3.33. The Bertz CT molecular complexity index is 2890. The van der Waals surface area contributed by atoms with Crippen LogP contribution in [0.5, 0.6) is 0 Å². The van der Waals surface area contributed by atoms with E-state index in [0.29, 0.717) is 5.41 Å². The minimum atomic E-state index is 0.270. The van der Waals surface area contributed by atoms with Crippen LogP contribution in [0.1, 0.15) is 128 Å². The van der Waals surface area contributed by atoms with Gasteiger partial charge in [0.25, 0.3) is 0 Å². The highest BCUT2D eigenvalue weighted by Crippen LogP contribution is 2.45. The molecule has 0 amide bonds. The zero-order chi connectivity index (χ0) is 44.8. The van der Waals surface area contributed by atoms with Gasteiger partial charge < -0.3 is 0 Å². The number of rotatable bonds is 18. The first-order chi connectivity index (χ1) is 31.1. The Balaban J connectivity index is 1.37. The Morgan fingerprint density at radius 1 is 0.406 bits per heavy atom. The Kier molecular flexibility index (Phi) is 13.8. The second-order valence-corrected chi connectivity index (χ2v) is 19.3. The Morgan fingerprint density at radius 3 is 1.42 bits per heavy atom. The lowest BCUT2D eigenvalue weighted by Crippen LogP contribution is -2.23. The summed E-state index contributed by atoms with van der Waals surface area (Å²) in [6.07, 6.45) is 18.6. The van der Waals surface area contributed by atoms with Crippen LogP contribution in [0.2, 0.25) is 0 Å². The van der Waals surface area contributed by atoms with E-state index in [4.69, 9.17) is 9.97 Å². The summed E-state index contributed by atoms with van der Waals surface area (Å²) in [6, 6.07) is 45.8. The van der Waals surface area contributed by atoms with Crippen molar-refractivity contribution in [2.75, 3.05) is 0 Å². The fraction of sp³-hybridized carbons (Fsp3) is 0.355. The third-order valence-corrected chi connectivity index (χ3v) is 15.3. The molecule has 0 fully saturated rings. The van der Waals surface area contributed by atoms with E-state index in [1.165, 1.54) is 119 Å². The minimum absolute atomic E-state index is 0.270. The first kappa shape index (κ1) is 45.0. The summed E-state index contributed by atoms with van der Waals surface area (Å²) in [7, 11) is 0. The van der Waals surface area contributed by atoms with Crippen molar-refractivity contribution in [3.8, 4) is 44.8 Å². The lowest BCUT2D eigenvalue weighted by molar-refractivity contribution is 0.230. The summed E-state index contributed by atoms with van der Waals surface area (Å²) in [6.45, 7) is 18.9. The summed E-state index contributed by atoms with van der Waals surface area (Å²) >= 11 is 0. The molecule has 0 atom stereocenters. The molecule has 8 rings (SSSR count). The van der Waals surface area contributed by atoms with Crippen molar-refractivity contribution in [3.63, 3.8) is 0 Å². The molecule has 6 aromatic carbocycles. The summed E-state index contributed by atoms with van der Waals surface area (Å²) in [5, 5.41) is 7.58. The summed E-state index contributed by atoms with van der Waals surface area (Å²) in [5.41, 5.74) is 15.3. The predicted molar refractivity (Wildman–Crippen MR) is 278 cm³/mol. The first-order valence-electron chi connectivity index (χ1n) is 24.7. The van der Waals surface area contributed by atoms with Crippen LogP contribution >= 0.6 is 0 Å². The van der Waals surface area contributed by atoms with Gasteiger partial charge in [-0.1, -0.05) is 195 Å². The van der Waals surface area contributed by atoms with Crippen molar-refractivity contribution in [2.45, 2.75) is 132 Å². The van der Waals surface area contributed by atoms with Gasteiger partial charge in [-0.3, -0.25) is 9.97 Å². The van der Waals surface area contributed by atoms with Crippen molar-refractivity contribution >= 4 is 32.3 Å². The SMILES string of the molecule is CCCCC(CC)(CC)Cc1cc(-c2ccc(-c3ccc(C)cc3-c3cc4ccccc4cn3)c(-c3cc4ccccc4cn3)c2)cc2c(CC(CC)(CC)CCCC)cc(C)cc12. The highest BCUT2D eigenvalue weighted by Gasteiger charge is 2.30. The van der Waals surface area contributed by atoms with Crippen molar-refractivity contribution < 1.29 is 0 Å². The number of fused-ring (bicyclic) bond motifs is 3. The molecule has 0 spiro atoms. The van der Waals surface area contributed by atoms with Crippen molar-refractivity contribution in [3.05, 3.63) is 156 Å². The van der Waals surface area contributed by atoms with E-state index in [1.54, 1.807) is 0 Å². The maximum Gasteiger partial charge on any atom is 0.0714 e. The standard InChI is InChI=1S/C62H70N2/c1-9-15-29-61(11-3,12-4)39-51-31-44(8)33-55-52(40-62(13-5,14-6)30-16-10-2)34-50(36-56(51)55)47-26-28-54(58(35-47)60-38-46-22-18-20-24-49(46)42-64-60)53-27-25-43(7)32-57(53)59-37-45-21-17-19-23-48(45)41-63-59/h17-28,31-38,41-42H,9-16,29-30,39-40H2,1-8H3. The van der Waals surface area contributed by atoms with Gasteiger partial charge in [-0.25, -0.2) is 0 Å². The van der Waals surface area contributed by atoms with Crippen LogP contribution in [-0.4, -0.2) is 9.97 Å². The fourth-order valence-electron chi connectivity index (χ4n) is 10.8. The number of hydrogen-bond acceptors (Lipinski definition) is 2. The molecule has 328 valence electrons. The molecule has 0 bridgehead atoms. The number of nitrogens with zero attached hydrogens (tertiary/aromatic N) is 2. The molecule has 0 saturated heterocycles. The Labute approximate surface area is 384 Å². The molecule has 0 aliphatic rings. The smallest absolute Gasteiger partial charge is 0.0714 e. The first-order valence-corrected chi connectivity index (χ1v) is 24.7.